The third kappa shape index (κ3) is 4.50. The second-order valence-electron chi connectivity index (χ2n) is 17.6. The Balaban J connectivity index is 1.06. The maximum Gasteiger partial charge on any atom is 0.135 e. The Hall–Kier alpha value is -8.60. The maximum atomic E-state index is 6.42. The molecule has 0 aliphatic heterocycles. The molecule has 0 atom stereocenters. The molecule has 10 aromatic carbocycles. The molecule has 65 heavy (non-hydrogen) atoms. The van der Waals surface area contributed by atoms with E-state index in [9.17, 15) is 0 Å². The van der Waals surface area contributed by atoms with E-state index >= 15 is 0 Å². The molecule has 0 unspecified atom stereocenters. The average Bonchev–Trinajstić information content (AvgIpc) is 4.10. The monoisotopic (exact) mass is 827 g/mol. The summed E-state index contributed by atoms with van der Waals surface area (Å²) in [7, 11) is 0. The summed E-state index contributed by atoms with van der Waals surface area (Å²) in [5.41, 5.74) is 19.2. The van der Waals surface area contributed by atoms with Crippen molar-refractivity contribution >= 4 is 93.6 Å². The van der Waals surface area contributed by atoms with E-state index < -0.39 is 5.41 Å². The van der Waals surface area contributed by atoms with Gasteiger partial charge in [0.25, 0.3) is 0 Å². The molecule has 15 rings (SSSR count). The van der Waals surface area contributed by atoms with Crippen LogP contribution in [-0.4, -0.2) is 8.80 Å². The Morgan fingerprint density at radius 2 is 0.846 bits per heavy atom. The summed E-state index contributed by atoms with van der Waals surface area (Å²) in [6, 6.07) is 82.7. The summed E-state index contributed by atoms with van der Waals surface area (Å²) >= 11 is 0. The van der Waals surface area contributed by atoms with E-state index in [4.69, 9.17) is 4.42 Å². The Labute approximate surface area is 373 Å². The van der Waals surface area contributed by atoms with Crippen LogP contribution in [0, 0.1) is 0 Å². The molecule has 14 aromatic rings. The highest BCUT2D eigenvalue weighted by Crippen LogP contribution is 2.57. The third-order valence-electron chi connectivity index (χ3n) is 14.5. The van der Waals surface area contributed by atoms with Crippen molar-refractivity contribution in [1.29, 1.82) is 0 Å². The first-order valence-corrected chi connectivity index (χ1v) is 22.4. The zero-order valence-corrected chi connectivity index (χ0v) is 35.1. The van der Waals surface area contributed by atoms with E-state index in [2.05, 4.69) is 232 Å². The van der Waals surface area contributed by atoms with Gasteiger partial charge < -0.3 is 18.1 Å². The standard InChI is InChI=1S/C61H37N3O/c1-3-15-38(16-4-1)61(39-17-5-2-6-18-39)51-23-11-7-19-43(51)44-30-27-41(36-52(44)61)62(40-29-34-58-50(35-40)47-22-10-14-26-57(47)65-58)42-28-33-55-56(37-42)64-54-25-13-9-21-46(54)49-32-31-48-45-20-8-12-24-53(45)63(55)59(48)60(49)64/h1-37H. The first-order valence-electron chi connectivity index (χ1n) is 22.4. The minimum Gasteiger partial charge on any atom is -0.456 e. The highest BCUT2D eigenvalue weighted by Gasteiger charge is 2.46. The van der Waals surface area contributed by atoms with E-state index in [0.29, 0.717) is 0 Å². The van der Waals surface area contributed by atoms with Crippen molar-refractivity contribution in [2.75, 3.05) is 4.90 Å². The highest BCUT2D eigenvalue weighted by atomic mass is 16.3. The van der Waals surface area contributed by atoms with Crippen molar-refractivity contribution in [3.05, 3.63) is 247 Å². The zero-order chi connectivity index (χ0) is 42.4. The lowest BCUT2D eigenvalue weighted by molar-refractivity contribution is 0.669. The van der Waals surface area contributed by atoms with Crippen molar-refractivity contribution < 1.29 is 4.42 Å². The van der Waals surface area contributed by atoms with Gasteiger partial charge in [0.2, 0.25) is 0 Å². The number of nitrogens with zero attached hydrogens (tertiary/aromatic N) is 3. The zero-order valence-electron chi connectivity index (χ0n) is 35.1. The summed E-state index contributed by atoms with van der Waals surface area (Å²) in [5.74, 6) is 0. The summed E-state index contributed by atoms with van der Waals surface area (Å²) in [6.45, 7) is 0. The van der Waals surface area contributed by atoms with Gasteiger partial charge in [-0.15, -0.1) is 0 Å². The lowest BCUT2D eigenvalue weighted by Gasteiger charge is -2.35. The molecular weight excluding hydrogens is 791 g/mol. The van der Waals surface area contributed by atoms with Gasteiger partial charge in [0.05, 0.1) is 38.5 Å². The van der Waals surface area contributed by atoms with Crippen LogP contribution in [-0.2, 0) is 5.41 Å². The van der Waals surface area contributed by atoms with Crippen molar-refractivity contribution in [2.45, 2.75) is 5.41 Å². The first-order chi connectivity index (χ1) is 32.3. The normalized spacial score (nSPS) is 13.4. The summed E-state index contributed by atoms with van der Waals surface area (Å²) in [4.78, 5) is 2.46. The van der Waals surface area contributed by atoms with Gasteiger partial charge in [-0.3, -0.25) is 0 Å². The number of benzene rings is 10. The Morgan fingerprint density at radius 1 is 0.323 bits per heavy atom. The molecule has 4 aromatic heterocycles. The van der Waals surface area contributed by atoms with Crippen LogP contribution in [0.1, 0.15) is 22.3 Å². The number of fused-ring (bicyclic) bond motifs is 15. The van der Waals surface area contributed by atoms with Gasteiger partial charge in [-0.1, -0.05) is 158 Å². The largest absolute Gasteiger partial charge is 0.456 e. The molecule has 0 amide bonds. The van der Waals surface area contributed by atoms with Crippen LogP contribution in [0.3, 0.4) is 0 Å². The van der Waals surface area contributed by atoms with Gasteiger partial charge >= 0.3 is 0 Å². The molecule has 4 heterocycles. The predicted octanol–water partition coefficient (Wildman–Crippen LogP) is 16.0. The second kappa shape index (κ2) is 12.7. The van der Waals surface area contributed by atoms with Gasteiger partial charge in [-0.05, 0) is 100 Å². The van der Waals surface area contributed by atoms with E-state index in [-0.39, 0.29) is 0 Å². The Morgan fingerprint density at radius 3 is 1.57 bits per heavy atom. The van der Waals surface area contributed by atoms with E-state index in [0.717, 1.165) is 50.0 Å². The fraction of sp³-hybridized carbons (Fsp3) is 0.0164. The molecule has 0 radical (unpaired) electrons. The first kappa shape index (κ1) is 34.9. The fourth-order valence-corrected chi connectivity index (χ4v) is 11.9. The van der Waals surface area contributed by atoms with Crippen molar-refractivity contribution in [3.63, 3.8) is 0 Å². The van der Waals surface area contributed by atoms with Crippen molar-refractivity contribution in [2.24, 2.45) is 0 Å². The molecular formula is C61H37N3O. The molecule has 0 bridgehead atoms. The van der Waals surface area contributed by atoms with Gasteiger partial charge in [0, 0.05) is 49.4 Å². The highest BCUT2D eigenvalue weighted by molar-refractivity contribution is 6.25. The van der Waals surface area contributed by atoms with Crippen LogP contribution in [0.5, 0.6) is 0 Å². The van der Waals surface area contributed by atoms with Gasteiger partial charge in [0.15, 0.2) is 0 Å². The van der Waals surface area contributed by atoms with Crippen LogP contribution >= 0.6 is 0 Å². The molecule has 4 heteroatoms. The number of furan rings is 1. The predicted molar refractivity (Wildman–Crippen MR) is 269 cm³/mol. The van der Waals surface area contributed by atoms with E-state index in [1.54, 1.807) is 0 Å². The molecule has 1 aliphatic rings. The topological polar surface area (TPSA) is 25.2 Å². The van der Waals surface area contributed by atoms with Crippen molar-refractivity contribution in [3.8, 4) is 11.1 Å². The third-order valence-corrected chi connectivity index (χ3v) is 14.5. The summed E-state index contributed by atoms with van der Waals surface area (Å²) in [5, 5.41) is 7.25. The lowest BCUT2D eigenvalue weighted by atomic mass is 9.67. The molecule has 0 saturated carbocycles. The fourth-order valence-electron chi connectivity index (χ4n) is 11.9. The number of aromatic nitrogens is 2. The van der Waals surface area contributed by atoms with E-state index in [1.807, 2.05) is 6.07 Å². The molecule has 0 spiro atoms. The average molecular weight is 828 g/mol. The van der Waals surface area contributed by atoms with Crippen LogP contribution in [0.25, 0.3) is 87.7 Å². The second-order valence-corrected chi connectivity index (χ2v) is 17.6. The molecule has 0 fully saturated rings. The van der Waals surface area contributed by atoms with Crippen LogP contribution in [0.15, 0.2) is 229 Å². The van der Waals surface area contributed by atoms with E-state index in [1.165, 1.54) is 77.0 Å². The van der Waals surface area contributed by atoms with Crippen LogP contribution in [0.4, 0.5) is 17.1 Å². The van der Waals surface area contributed by atoms with Gasteiger partial charge in [-0.2, -0.15) is 0 Å². The molecule has 302 valence electrons. The molecule has 4 nitrogen and oxygen atoms in total. The lowest BCUT2D eigenvalue weighted by Crippen LogP contribution is -2.28. The summed E-state index contributed by atoms with van der Waals surface area (Å²) in [6.07, 6.45) is 0. The van der Waals surface area contributed by atoms with Crippen molar-refractivity contribution in [1.82, 2.24) is 8.80 Å². The number of hydrogen-bond donors (Lipinski definition) is 0. The minimum atomic E-state index is -0.545. The molecule has 1 aliphatic carbocycles. The quantitative estimate of drug-likeness (QED) is 0.162. The number of rotatable bonds is 5. The van der Waals surface area contributed by atoms with Gasteiger partial charge in [-0.25, -0.2) is 0 Å². The number of para-hydroxylation sites is 3. The molecule has 0 saturated heterocycles. The van der Waals surface area contributed by atoms with Crippen LogP contribution in [0.2, 0.25) is 0 Å². The Bertz CT molecular complexity index is 4210. The van der Waals surface area contributed by atoms with Gasteiger partial charge in [0.1, 0.15) is 11.2 Å². The maximum absolute atomic E-state index is 6.42. The minimum absolute atomic E-state index is 0.545. The number of hydrogen-bond acceptors (Lipinski definition) is 2. The van der Waals surface area contributed by atoms with Crippen LogP contribution < -0.4 is 4.90 Å². The summed E-state index contributed by atoms with van der Waals surface area (Å²) < 4.78 is 11.4. The Kier molecular flexibility index (Phi) is 6.85. The SMILES string of the molecule is c1ccc(C2(c3ccccc3)c3ccccc3-c3ccc(N(c4ccc5oc6ccccc6c5c4)c4ccc5c(c4)n4c6ccccc6c6ccc7c8ccccc8n5c7c64)cc32)cc1. The smallest absolute Gasteiger partial charge is 0.135 e. The molecule has 0 N–H and O–H groups in total. The number of anilines is 3.